The Morgan fingerprint density at radius 3 is 1.91 bits per heavy atom. The Morgan fingerprint density at radius 1 is 0.788 bits per heavy atom. The highest BCUT2D eigenvalue weighted by atomic mass is 16.7. The number of likely N-dealkylation sites (N-methyl/N-ethyl adjacent to an activating group) is 1. The number of carbonyl (C=O) groups is 1. The quantitative estimate of drug-likeness (QED) is 0.424. The fourth-order valence-electron chi connectivity index (χ4n) is 3.69. The number of hydrogen-bond acceptors (Lipinski definition) is 4. The fraction of sp³-hybridized carbons (Fsp3) is 0.259. The van der Waals surface area contributed by atoms with Gasteiger partial charge in [0.05, 0.1) is 16.9 Å². The Kier molecular flexibility index (Phi) is 6.24. The zero-order chi connectivity index (χ0) is 23.6. The number of hydrogen-bond donors (Lipinski definition) is 0. The number of rotatable bonds is 5. The van der Waals surface area contributed by atoms with Gasteiger partial charge in [0, 0.05) is 23.8 Å². The molecule has 6 heteroatoms. The lowest BCUT2D eigenvalue weighted by Crippen LogP contribution is -2.42. The maximum absolute atomic E-state index is 13.8. The van der Waals surface area contributed by atoms with Crippen molar-refractivity contribution >= 4 is 35.6 Å². The molecule has 1 aliphatic rings. The Morgan fingerprint density at radius 2 is 1.30 bits per heavy atom. The van der Waals surface area contributed by atoms with Gasteiger partial charge in [-0.3, -0.25) is 4.79 Å². The van der Waals surface area contributed by atoms with E-state index in [2.05, 4.69) is 0 Å². The molecule has 33 heavy (non-hydrogen) atoms. The van der Waals surface area contributed by atoms with Crippen LogP contribution >= 0.6 is 0 Å². The Balaban J connectivity index is 1.72. The highest BCUT2D eigenvalue weighted by Crippen LogP contribution is 2.37. The van der Waals surface area contributed by atoms with Gasteiger partial charge in [-0.1, -0.05) is 66.7 Å². The smallest absolute Gasteiger partial charge is 0.399 e. The van der Waals surface area contributed by atoms with E-state index < -0.39 is 18.3 Å². The molecule has 1 saturated heterocycles. The van der Waals surface area contributed by atoms with Crippen molar-refractivity contribution < 1.29 is 14.1 Å². The number of nitrogens with zero attached hydrogens (tertiary/aromatic N) is 2. The summed E-state index contributed by atoms with van der Waals surface area (Å²) in [7, 11) is 1.18. The first-order chi connectivity index (χ1) is 15.7. The number of anilines is 1. The van der Waals surface area contributed by atoms with Crippen LogP contribution in [0.1, 0.15) is 33.3 Å². The third kappa shape index (κ3) is 4.63. The van der Waals surface area contributed by atoms with Crippen LogP contribution in [0.3, 0.4) is 0 Å². The van der Waals surface area contributed by atoms with Crippen LogP contribution in [0.15, 0.2) is 89.9 Å². The second kappa shape index (κ2) is 8.97. The molecule has 1 fully saturated rings. The Hall–Kier alpha value is -3.22. The Bertz CT molecular complexity index is 1140. The maximum atomic E-state index is 13.8. The van der Waals surface area contributed by atoms with E-state index in [9.17, 15) is 4.79 Å². The average molecular weight is 440 g/mol. The Labute approximate surface area is 196 Å². The molecule has 0 bridgehead atoms. The average Bonchev–Trinajstić information content (AvgIpc) is 3.04. The zero-order valence-corrected chi connectivity index (χ0v) is 19.8. The first kappa shape index (κ1) is 23.0. The molecule has 3 aromatic rings. The summed E-state index contributed by atoms with van der Waals surface area (Å²) in [5.41, 5.74) is 2.42. The highest BCUT2D eigenvalue weighted by Gasteiger charge is 2.52. The lowest BCUT2D eigenvalue weighted by molar-refractivity contribution is -0.112. The van der Waals surface area contributed by atoms with Gasteiger partial charge in [-0.2, -0.15) is 0 Å². The summed E-state index contributed by atoms with van der Waals surface area (Å²) in [6, 6.07) is 26.7. The molecule has 5 nitrogen and oxygen atoms in total. The van der Waals surface area contributed by atoms with E-state index in [1.165, 1.54) is 0 Å². The topological polar surface area (TPSA) is 51.1 Å². The van der Waals surface area contributed by atoms with Gasteiger partial charge in [-0.15, -0.1) is 0 Å². The van der Waals surface area contributed by atoms with Gasteiger partial charge in [0.1, 0.15) is 5.71 Å². The van der Waals surface area contributed by atoms with Gasteiger partial charge in [0.25, 0.3) is 5.91 Å². The number of para-hydroxylation sites is 2. The second-order valence-corrected chi connectivity index (χ2v) is 9.17. The lowest BCUT2D eigenvalue weighted by Gasteiger charge is -2.32. The molecule has 0 atom stereocenters. The summed E-state index contributed by atoms with van der Waals surface area (Å²) < 4.78 is 12.5. The molecule has 0 unspecified atom stereocenters. The van der Waals surface area contributed by atoms with Crippen LogP contribution in [0.2, 0.25) is 0 Å². The molecular formula is C27H29BN2O3. The fourth-order valence-corrected chi connectivity index (χ4v) is 3.69. The van der Waals surface area contributed by atoms with Crippen molar-refractivity contribution in [2.45, 2.75) is 38.9 Å². The molecule has 1 heterocycles. The predicted octanol–water partition coefficient (Wildman–Crippen LogP) is 4.77. The van der Waals surface area contributed by atoms with E-state index in [1.54, 1.807) is 11.9 Å². The van der Waals surface area contributed by atoms with Crippen molar-refractivity contribution in [2.75, 3.05) is 11.9 Å². The SMILES string of the molecule is CN(C(=O)C(=Nc1ccccc1)c1ccccc1)c1ccccc1B1OC(C)(C)C(C)(C)O1. The van der Waals surface area contributed by atoms with E-state index in [1.807, 2.05) is 113 Å². The van der Waals surface area contributed by atoms with Crippen LogP contribution in [0.4, 0.5) is 11.4 Å². The third-order valence-corrected chi connectivity index (χ3v) is 6.36. The number of carbonyl (C=O) groups excluding carboxylic acids is 1. The standard InChI is InChI=1S/C27H29BN2O3/c1-26(2)27(3,4)33-28(32-26)22-18-12-13-19-23(22)30(5)25(31)24(20-14-8-6-9-15-20)29-21-16-10-7-11-17-21/h6-19H,1-5H3. The number of aliphatic imine (C=N–C) groups is 1. The van der Waals surface area contributed by atoms with Crippen molar-refractivity contribution in [1.29, 1.82) is 0 Å². The van der Waals surface area contributed by atoms with Crippen LogP contribution in [0, 0.1) is 0 Å². The molecule has 1 aliphatic heterocycles. The van der Waals surface area contributed by atoms with Crippen molar-refractivity contribution in [3.8, 4) is 0 Å². The summed E-state index contributed by atoms with van der Waals surface area (Å²) in [6.07, 6.45) is 0. The van der Waals surface area contributed by atoms with E-state index in [0.717, 1.165) is 22.4 Å². The first-order valence-electron chi connectivity index (χ1n) is 11.1. The van der Waals surface area contributed by atoms with Gasteiger partial charge >= 0.3 is 7.12 Å². The van der Waals surface area contributed by atoms with Crippen molar-refractivity contribution in [3.63, 3.8) is 0 Å². The summed E-state index contributed by atoms with van der Waals surface area (Å²) in [6.45, 7) is 8.07. The molecule has 0 aliphatic carbocycles. The van der Waals surface area contributed by atoms with Gasteiger partial charge < -0.3 is 14.2 Å². The number of amides is 1. The minimum absolute atomic E-state index is 0.214. The maximum Gasteiger partial charge on any atom is 0.496 e. The predicted molar refractivity (Wildman–Crippen MR) is 135 cm³/mol. The molecular weight excluding hydrogens is 411 g/mol. The van der Waals surface area contributed by atoms with Crippen LogP contribution in [0.25, 0.3) is 0 Å². The highest BCUT2D eigenvalue weighted by molar-refractivity contribution is 6.64. The van der Waals surface area contributed by atoms with Crippen LogP contribution in [-0.4, -0.2) is 37.0 Å². The van der Waals surface area contributed by atoms with E-state index in [4.69, 9.17) is 14.3 Å². The number of benzene rings is 3. The van der Waals surface area contributed by atoms with Crippen molar-refractivity contribution in [1.82, 2.24) is 0 Å². The zero-order valence-electron chi connectivity index (χ0n) is 19.8. The minimum atomic E-state index is -0.576. The second-order valence-electron chi connectivity index (χ2n) is 9.17. The normalized spacial score (nSPS) is 17.1. The van der Waals surface area contributed by atoms with Gasteiger partial charge in [-0.25, -0.2) is 4.99 Å². The largest absolute Gasteiger partial charge is 0.496 e. The van der Waals surface area contributed by atoms with Crippen LogP contribution < -0.4 is 10.4 Å². The molecule has 1 amide bonds. The molecule has 4 rings (SSSR count). The van der Waals surface area contributed by atoms with Crippen molar-refractivity contribution in [3.05, 3.63) is 90.5 Å². The molecule has 3 aromatic carbocycles. The molecule has 0 spiro atoms. The lowest BCUT2D eigenvalue weighted by atomic mass is 9.77. The van der Waals surface area contributed by atoms with E-state index in [0.29, 0.717) is 5.71 Å². The van der Waals surface area contributed by atoms with Gasteiger partial charge in [0.2, 0.25) is 0 Å². The molecule has 0 radical (unpaired) electrons. The molecule has 0 aromatic heterocycles. The summed E-state index contributed by atoms with van der Waals surface area (Å²) in [5.74, 6) is -0.214. The minimum Gasteiger partial charge on any atom is -0.399 e. The molecule has 0 saturated carbocycles. The molecule has 0 N–H and O–H groups in total. The summed E-state index contributed by atoms with van der Waals surface area (Å²) >= 11 is 0. The summed E-state index contributed by atoms with van der Waals surface area (Å²) in [5, 5.41) is 0. The first-order valence-corrected chi connectivity index (χ1v) is 11.1. The summed E-state index contributed by atoms with van der Waals surface area (Å²) in [4.78, 5) is 20.1. The molecule has 168 valence electrons. The van der Waals surface area contributed by atoms with Crippen molar-refractivity contribution in [2.24, 2.45) is 4.99 Å². The van der Waals surface area contributed by atoms with Crippen LogP contribution in [0.5, 0.6) is 0 Å². The monoisotopic (exact) mass is 440 g/mol. The third-order valence-electron chi connectivity index (χ3n) is 6.36. The van der Waals surface area contributed by atoms with E-state index >= 15 is 0 Å². The van der Waals surface area contributed by atoms with Gasteiger partial charge in [-0.05, 0) is 45.9 Å². The van der Waals surface area contributed by atoms with Gasteiger partial charge in [0.15, 0.2) is 0 Å². The van der Waals surface area contributed by atoms with E-state index in [-0.39, 0.29) is 5.91 Å². The van der Waals surface area contributed by atoms with Crippen LogP contribution in [-0.2, 0) is 14.1 Å².